The second-order valence-corrected chi connectivity index (χ2v) is 4.72. The largest absolute Gasteiger partial charge is 0.394 e. The molecule has 18 heavy (non-hydrogen) atoms. The third-order valence-corrected chi connectivity index (χ3v) is 3.36. The third kappa shape index (κ3) is 2.89. The number of hydrogen-bond acceptors (Lipinski definition) is 3. The molecule has 1 aromatic rings. The van der Waals surface area contributed by atoms with E-state index in [-0.39, 0.29) is 24.5 Å². The molecule has 1 aromatic carbocycles. The molecular formula is C14H19NO3. The monoisotopic (exact) mass is 249 g/mol. The molecule has 98 valence electrons. The first-order chi connectivity index (χ1) is 8.74. The lowest BCUT2D eigenvalue weighted by Crippen LogP contribution is -2.43. The molecular weight excluding hydrogens is 230 g/mol. The molecule has 1 unspecified atom stereocenters. The summed E-state index contributed by atoms with van der Waals surface area (Å²) in [6.45, 7) is 0.237. The van der Waals surface area contributed by atoms with Crippen molar-refractivity contribution in [1.29, 1.82) is 0 Å². The van der Waals surface area contributed by atoms with E-state index < -0.39 is 0 Å². The summed E-state index contributed by atoms with van der Waals surface area (Å²) in [4.78, 5) is 12.1. The number of aliphatic hydroxyl groups is 1. The van der Waals surface area contributed by atoms with E-state index in [2.05, 4.69) is 17.4 Å². The van der Waals surface area contributed by atoms with Crippen molar-refractivity contribution in [3.8, 4) is 0 Å². The van der Waals surface area contributed by atoms with Crippen LogP contribution in [0.15, 0.2) is 24.3 Å². The first kappa shape index (κ1) is 13.1. The molecule has 4 nitrogen and oxygen atoms in total. The summed E-state index contributed by atoms with van der Waals surface area (Å²) in [5.41, 5.74) is 2.51. The maximum absolute atomic E-state index is 12.1. The highest BCUT2D eigenvalue weighted by molar-refractivity contribution is 5.80. The summed E-state index contributed by atoms with van der Waals surface area (Å²) in [5, 5.41) is 12.0. The van der Waals surface area contributed by atoms with Gasteiger partial charge in [0.15, 0.2) is 0 Å². The fraction of sp³-hybridized carbons (Fsp3) is 0.500. The molecule has 0 aromatic heterocycles. The van der Waals surface area contributed by atoms with Crippen molar-refractivity contribution in [1.82, 2.24) is 5.32 Å². The predicted molar refractivity (Wildman–Crippen MR) is 68.2 cm³/mol. The van der Waals surface area contributed by atoms with E-state index in [0.717, 1.165) is 12.8 Å². The van der Waals surface area contributed by atoms with E-state index in [1.54, 1.807) is 7.11 Å². The summed E-state index contributed by atoms with van der Waals surface area (Å²) in [7, 11) is 1.56. The van der Waals surface area contributed by atoms with Crippen molar-refractivity contribution in [2.45, 2.75) is 18.9 Å². The SMILES string of the molecule is COCC(CO)NC(=O)C1Cc2ccccc2C1. The van der Waals surface area contributed by atoms with Gasteiger partial charge in [0, 0.05) is 13.0 Å². The average molecular weight is 249 g/mol. The lowest BCUT2D eigenvalue weighted by Gasteiger charge is -2.17. The number of aliphatic hydroxyl groups excluding tert-OH is 1. The molecule has 1 atom stereocenters. The van der Waals surface area contributed by atoms with Crippen molar-refractivity contribution in [3.63, 3.8) is 0 Å². The van der Waals surface area contributed by atoms with Crippen LogP contribution in [0.2, 0.25) is 0 Å². The maximum Gasteiger partial charge on any atom is 0.224 e. The molecule has 1 amide bonds. The zero-order chi connectivity index (χ0) is 13.0. The van der Waals surface area contributed by atoms with Crippen LogP contribution in [0, 0.1) is 5.92 Å². The normalized spacial score (nSPS) is 16.3. The average Bonchev–Trinajstić information content (AvgIpc) is 2.82. The van der Waals surface area contributed by atoms with Gasteiger partial charge in [0.1, 0.15) is 0 Å². The van der Waals surface area contributed by atoms with E-state index in [9.17, 15) is 4.79 Å². The number of nitrogens with one attached hydrogen (secondary N) is 1. The lowest BCUT2D eigenvalue weighted by molar-refractivity contribution is -0.126. The molecule has 1 aliphatic carbocycles. The number of fused-ring (bicyclic) bond motifs is 1. The van der Waals surface area contributed by atoms with E-state index >= 15 is 0 Å². The van der Waals surface area contributed by atoms with Gasteiger partial charge in [0.25, 0.3) is 0 Å². The molecule has 0 spiro atoms. The van der Waals surface area contributed by atoms with Gasteiger partial charge in [-0.25, -0.2) is 0 Å². The molecule has 0 aliphatic heterocycles. The van der Waals surface area contributed by atoms with Crippen molar-refractivity contribution < 1.29 is 14.6 Å². The Bertz CT molecular complexity index is 394. The summed E-state index contributed by atoms with van der Waals surface area (Å²) >= 11 is 0. The first-order valence-corrected chi connectivity index (χ1v) is 6.21. The molecule has 2 N–H and O–H groups in total. The number of carbonyl (C=O) groups excluding carboxylic acids is 1. The van der Waals surface area contributed by atoms with Crippen molar-refractivity contribution in [3.05, 3.63) is 35.4 Å². The number of carbonyl (C=O) groups is 1. The van der Waals surface area contributed by atoms with E-state index in [0.29, 0.717) is 6.61 Å². The number of amides is 1. The molecule has 0 radical (unpaired) electrons. The van der Waals surface area contributed by atoms with Crippen LogP contribution in [0.25, 0.3) is 0 Å². The Morgan fingerprint density at radius 2 is 2.06 bits per heavy atom. The van der Waals surface area contributed by atoms with Gasteiger partial charge in [-0.2, -0.15) is 0 Å². The smallest absolute Gasteiger partial charge is 0.224 e. The van der Waals surface area contributed by atoms with Crippen LogP contribution < -0.4 is 5.32 Å². The van der Waals surface area contributed by atoms with Crippen LogP contribution in [0.3, 0.4) is 0 Å². The van der Waals surface area contributed by atoms with Gasteiger partial charge in [0.2, 0.25) is 5.91 Å². The molecule has 0 saturated heterocycles. The fourth-order valence-electron chi connectivity index (χ4n) is 2.40. The van der Waals surface area contributed by atoms with Crippen LogP contribution in [-0.4, -0.2) is 37.4 Å². The van der Waals surface area contributed by atoms with Gasteiger partial charge in [0.05, 0.1) is 19.3 Å². The second kappa shape index (κ2) is 5.98. The highest BCUT2D eigenvalue weighted by Crippen LogP contribution is 2.26. The molecule has 2 rings (SSSR count). The van der Waals surface area contributed by atoms with Crippen molar-refractivity contribution >= 4 is 5.91 Å². The Hall–Kier alpha value is -1.39. The van der Waals surface area contributed by atoms with Gasteiger partial charge in [-0.1, -0.05) is 24.3 Å². The Morgan fingerprint density at radius 3 is 2.56 bits per heavy atom. The highest BCUT2D eigenvalue weighted by atomic mass is 16.5. The van der Waals surface area contributed by atoms with E-state index in [1.807, 2.05) is 12.1 Å². The van der Waals surface area contributed by atoms with Crippen molar-refractivity contribution in [2.24, 2.45) is 5.92 Å². The number of hydrogen-bond donors (Lipinski definition) is 2. The first-order valence-electron chi connectivity index (χ1n) is 6.21. The van der Waals surface area contributed by atoms with Crippen LogP contribution in [0.1, 0.15) is 11.1 Å². The number of methoxy groups -OCH3 is 1. The van der Waals surface area contributed by atoms with Crippen LogP contribution in [0.4, 0.5) is 0 Å². The minimum Gasteiger partial charge on any atom is -0.394 e. The molecule has 1 aliphatic rings. The maximum atomic E-state index is 12.1. The van der Waals surface area contributed by atoms with Crippen LogP contribution >= 0.6 is 0 Å². The Kier molecular flexibility index (Phi) is 4.33. The zero-order valence-electron chi connectivity index (χ0n) is 10.6. The summed E-state index contributed by atoms with van der Waals surface area (Å²) in [6.07, 6.45) is 1.57. The molecule has 0 bridgehead atoms. The van der Waals surface area contributed by atoms with Gasteiger partial charge in [-0.15, -0.1) is 0 Å². The number of benzene rings is 1. The standard InChI is InChI=1S/C14H19NO3/c1-18-9-13(8-16)15-14(17)12-6-10-4-2-3-5-11(10)7-12/h2-5,12-13,16H,6-9H2,1H3,(H,15,17). The molecule has 0 saturated carbocycles. The summed E-state index contributed by atoms with van der Waals surface area (Å²) < 4.78 is 4.95. The van der Waals surface area contributed by atoms with Gasteiger partial charge >= 0.3 is 0 Å². The Balaban J connectivity index is 1.92. The number of ether oxygens (including phenoxy) is 1. The second-order valence-electron chi connectivity index (χ2n) is 4.72. The Labute approximate surface area is 107 Å². The molecule has 0 fully saturated rings. The van der Waals surface area contributed by atoms with Crippen LogP contribution in [-0.2, 0) is 22.4 Å². The number of rotatable bonds is 5. The minimum atomic E-state index is -0.314. The Morgan fingerprint density at radius 1 is 1.44 bits per heavy atom. The quantitative estimate of drug-likeness (QED) is 0.800. The van der Waals surface area contributed by atoms with E-state index in [1.165, 1.54) is 11.1 Å². The van der Waals surface area contributed by atoms with Gasteiger partial charge in [-0.05, 0) is 24.0 Å². The minimum absolute atomic E-state index is 0.00213. The topological polar surface area (TPSA) is 58.6 Å². The highest BCUT2D eigenvalue weighted by Gasteiger charge is 2.28. The summed E-state index contributed by atoms with van der Waals surface area (Å²) in [5.74, 6) is -0.0180. The van der Waals surface area contributed by atoms with E-state index in [4.69, 9.17) is 9.84 Å². The van der Waals surface area contributed by atoms with Crippen LogP contribution in [0.5, 0.6) is 0 Å². The zero-order valence-corrected chi connectivity index (χ0v) is 10.6. The molecule has 4 heteroatoms. The lowest BCUT2D eigenvalue weighted by atomic mass is 10.1. The summed E-state index contributed by atoms with van der Waals surface area (Å²) in [6, 6.07) is 7.83. The molecule has 0 heterocycles. The third-order valence-electron chi connectivity index (χ3n) is 3.36. The van der Waals surface area contributed by atoms with Gasteiger partial charge < -0.3 is 15.2 Å². The fourth-order valence-corrected chi connectivity index (χ4v) is 2.40. The van der Waals surface area contributed by atoms with Gasteiger partial charge in [-0.3, -0.25) is 4.79 Å². The van der Waals surface area contributed by atoms with Crippen molar-refractivity contribution in [2.75, 3.05) is 20.3 Å². The predicted octanol–water partition coefficient (Wildman–Crippen LogP) is 0.525.